The molecule has 86 valence electrons. The van der Waals surface area contributed by atoms with E-state index in [9.17, 15) is 0 Å². The summed E-state index contributed by atoms with van der Waals surface area (Å²) in [6.07, 6.45) is 4.38. The van der Waals surface area contributed by atoms with Gasteiger partial charge in [0.15, 0.2) is 0 Å². The lowest BCUT2D eigenvalue weighted by Crippen LogP contribution is -1.76. The fourth-order valence-electron chi connectivity index (χ4n) is 1.60. The molecule has 0 atom stereocenters. The number of hydrogen-bond acceptors (Lipinski definition) is 1. The zero-order chi connectivity index (χ0) is 11.9. The fourth-order valence-corrected chi connectivity index (χ4v) is 2.43. The second-order valence-corrected chi connectivity index (χ2v) is 5.03. The lowest BCUT2D eigenvalue weighted by molar-refractivity contribution is 1.36. The van der Waals surface area contributed by atoms with Gasteiger partial charge in [-0.2, -0.15) is 0 Å². The smallest absolute Gasteiger partial charge is 0.0164 e. The van der Waals surface area contributed by atoms with Crippen LogP contribution in [0.2, 0.25) is 0 Å². The standard InChI is InChI=1S/C16H16S/c1-14-7-5-11-16(13-14)17-12-6-10-15-8-3-2-4-9-15/h2-11,13H,12H2,1H3. The highest BCUT2D eigenvalue weighted by atomic mass is 32.2. The maximum atomic E-state index is 2.22. The summed E-state index contributed by atoms with van der Waals surface area (Å²) in [5.41, 5.74) is 2.58. The fraction of sp³-hybridized carbons (Fsp3) is 0.125. The summed E-state index contributed by atoms with van der Waals surface area (Å²) >= 11 is 1.87. The van der Waals surface area contributed by atoms with Gasteiger partial charge in [-0.1, -0.05) is 60.2 Å². The summed E-state index contributed by atoms with van der Waals surface area (Å²) < 4.78 is 0. The molecule has 0 nitrogen and oxygen atoms in total. The summed E-state index contributed by atoms with van der Waals surface area (Å²) in [5, 5.41) is 0. The van der Waals surface area contributed by atoms with Crippen molar-refractivity contribution < 1.29 is 0 Å². The Morgan fingerprint density at radius 2 is 1.82 bits per heavy atom. The van der Waals surface area contributed by atoms with Crippen molar-refractivity contribution in [3.63, 3.8) is 0 Å². The molecule has 17 heavy (non-hydrogen) atoms. The third kappa shape index (κ3) is 4.12. The number of rotatable bonds is 4. The maximum Gasteiger partial charge on any atom is 0.0164 e. The molecule has 0 spiro atoms. The zero-order valence-corrected chi connectivity index (χ0v) is 10.8. The van der Waals surface area contributed by atoms with Gasteiger partial charge in [0, 0.05) is 10.6 Å². The van der Waals surface area contributed by atoms with Gasteiger partial charge >= 0.3 is 0 Å². The molecular formula is C16H16S. The number of hydrogen-bond donors (Lipinski definition) is 0. The average Bonchev–Trinajstić information content (AvgIpc) is 2.36. The molecular weight excluding hydrogens is 224 g/mol. The van der Waals surface area contributed by atoms with Crippen molar-refractivity contribution >= 4 is 17.8 Å². The average molecular weight is 240 g/mol. The van der Waals surface area contributed by atoms with Gasteiger partial charge in [-0.25, -0.2) is 0 Å². The summed E-state index contributed by atoms with van der Waals surface area (Å²) in [7, 11) is 0. The molecule has 0 N–H and O–H groups in total. The zero-order valence-electron chi connectivity index (χ0n) is 9.97. The Labute approximate surface area is 107 Å². The van der Waals surface area contributed by atoms with Crippen LogP contribution < -0.4 is 0 Å². The minimum absolute atomic E-state index is 1.01. The Kier molecular flexibility index (Phi) is 4.45. The van der Waals surface area contributed by atoms with Crippen LogP contribution >= 0.6 is 11.8 Å². The Morgan fingerprint density at radius 1 is 1.00 bits per heavy atom. The van der Waals surface area contributed by atoms with Gasteiger partial charge in [-0.05, 0) is 24.6 Å². The number of thioether (sulfide) groups is 1. The van der Waals surface area contributed by atoms with Crippen molar-refractivity contribution in [1.29, 1.82) is 0 Å². The molecule has 2 rings (SSSR count). The Bertz CT molecular complexity index is 486. The van der Waals surface area contributed by atoms with E-state index in [4.69, 9.17) is 0 Å². The van der Waals surface area contributed by atoms with Gasteiger partial charge in [0.1, 0.15) is 0 Å². The molecule has 0 aliphatic carbocycles. The largest absolute Gasteiger partial charge is 0.122 e. The lowest BCUT2D eigenvalue weighted by Gasteiger charge is -1.99. The van der Waals surface area contributed by atoms with Crippen LogP contribution in [0.25, 0.3) is 6.08 Å². The predicted molar refractivity (Wildman–Crippen MR) is 77.4 cm³/mol. The second-order valence-electron chi connectivity index (χ2n) is 3.94. The van der Waals surface area contributed by atoms with Crippen molar-refractivity contribution in [2.75, 3.05) is 5.75 Å². The van der Waals surface area contributed by atoms with E-state index >= 15 is 0 Å². The molecule has 0 bridgehead atoms. The summed E-state index contributed by atoms with van der Waals surface area (Å²) in [4.78, 5) is 1.34. The number of benzene rings is 2. The molecule has 0 amide bonds. The first-order chi connectivity index (χ1) is 8.34. The Hall–Kier alpha value is -1.47. The van der Waals surface area contributed by atoms with Gasteiger partial charge in [-0.3, -0.25) is 0 Å². The van der Waals surface area contributed by atoms with Crippen LogP contribution in [0.4, 0.5) is 0 Å². The summed E-state index contributed by atoms with van der Waals surface area (Å²) in [6.45, 7) is 2.13. The van der Waals surface area contributed by atoms with Crippen molar-refractivity contribution in [1.82, 2.24) is 0 Å². The minimum atomic E-state index is 1.01. The van der Waals surface area contributed by atoms with E-state index in [1.165, 1.54) is 16.0 Å². The van der Waals surface area contributed by atoms with Gasteiger partial charge in [-0.15, -0.1) is 11.8 Å². The van der Waals surface area contributed by atoms with Gasteiger partial charge in [0.2, 0.25) is 0 Å². The van der Waals surface area contributed by atoms with Crippen LogP contribution in [0, 0.1) is 6.92 Å². The monoisotopic (exact) mass is 240 g/mol. The van der Waals surface area contributed by atoms with Crippen molar-refractivity contribution in [3.05, 3.63) is 71.8 Å². The highest BCUT2D eigenvalue weighted by molar-refractivity contribution is 7.99. The molecule has 0 radical (unpaired) electrons. The summed E-state index contributed by atoms with van der Waals surface area (Å²) in [6, 6.07) is 19.0. The molecule has 0 saturated heterocycles. The van der Waals surface area contributed by atoms with Crippen LogP contribution in [-0.4, -0.2) is 5.75 Å². The van der Waals surface area contributed by atoms with Gasteiger partial charge < -0.3 is 0 Å². The third-order valence-corrected chi connectivity index (χ3v) is 3.39. The molecule has 0 aliphatic heterocycles. The van der Waals surface area contributed by atoms with Crippen LogP contribution in [-0.2, 0) is 0 Å². The van der Waals surface area contributed by atoms with E-state index in [1.54, 1.807) is 0 Å². The molecule has 0 unspecified atom stereocenters. The van der Waals surface area contributed by atoms with Crippen molar-refractivity contribution in [2.45, 2.75) is 11.8 Å². The van der Waals surface area contributed by atoms with Crippen LogP contribution in [0.1, 0.15) is 11.1 Å². The third-order valence-electron chi connectivity index (χ3n) is 2.45. The predicted octanol–water partition coefficient (Wildman–Crippen LogP) is 4.80. The van der Waals surface area contributed by atoms with Gasteiger partial charge in [0.05, 0.1) is 0 Å². The quantitative estimate of drug-likeness (QED) is 0.692. The van der Waals surface area contributed by atoms with E-state index in [0.717, 1.165) is 5.75 Å². The molecule has 0 fully saturated rings. The van der Waals surface area contributed by atoms with Crippen molar-refractivity contribution in [3.8, 4) is 0 Å². The summed E-state index contributed by atoms with van der Waals surface area (Å²) in [5.74, 6) is 1.01. The normalized spacial score (nSPS) is 10.9. The minimum Gasteiger partial charge on any atom is -0.122 e. The molecule has 0 aliphatic rings. The van der Waals surface area contributed by atoms with Crippen LogP contribution in [0.5, 0.6) is 0 Å². The van der Waals surface area contributed by atoms with Gasteiger partial charge in [0.25, 0.3) is 0 Å². The van der Waals surface area contributed by atoms with E-state index in [0.29, 0.717) is 0 Å². The lowest BCUT2D eigenvalue weighted by atomic mass is 10.2. The van der Waals surface area contributed by atoms with Crippen LogP contribution in [0.3, 0.4) is 0 Å². The Morgan fingerprint density at radius 3 is 2.59 bits per heavy atom. The van der Waals surface area contributed by atoms with E-state index < -0.39 is 0 Å². The highest BCUT2D eigenvalue weighted by Crippen LogP contribution is 2.19. The molecule has 1 heteroatoms. The maximum absolute atomic E-state index is 2.22. The molecule has 0 saturated carbocycles. The van der Waals surface area contributed by atoms with Crippen molar-refractivity contribution in [2.24, 2.45) is 0 Å². The molecule has 2 aromatic rings. The first-order valence-electron chi connectivity index (χ1n) is 5.76. The van der Waals surface area contributed by atoms with E-state index in [2.05, 4.69) is 67.6 Å². The van der Waals surface area contributed by atoms with Crippen LogP contribution in [0.15, 0.2) is 65.6 Å². The van der Waals surface area contributed by atoms with E-state index in [1.807, 2.05) is 17.8 Å². The second kappa shape index (κ2) is 6.31. The Balaban J connectivity index is 1.86. The SMILES string of the molecule is Cc1cccc(SCC=Cc2ccccc2)c1. The molecule has 0 aromatic heterocycles. The highest BCUT2D eigenvalue weighted by Gasteiger charge is 1.91. The molecule has 0 heterocycles. The topological polar surface area (TPSA) is 0 Å². The number of aryl methyl sites for hydroxylation is 1. The molecule has 2 aromatic carbocycles. The first kappa shape index (κ1) is 12.0. The van der Waals surface area contributed by atoms with E-state index in [-0.39, 0.29) is 0 Å². The first-order valence-corrected chi connectivity index (χ1v) is 6.74.